The zero-order valence-electron chi connectivity index (χ0n) is 11.0. The van der Waals surface area contributed by atoms with Crippen molar-refractivity contribution in [3.63, 3.8) is 0 Å². The normalized spacial score (nSPS) is 17.9. The van der Waals surface area contributed by atoms with Crippen LogP contribution in [-0.2, 0) is 4.79 Å². The second-order valence-corrected chi connectivity index (χ2v) is 4.51. The fourth-order valence-electron chi connectivity index (χ4n) is 2.22. The highest BCUT2D eigenvalue weighted by Crippen LogP contribution is 2.20. The smallest absolute Gasteiger partial charge is 0.326 e. The largest absolute Gasteiger partial charge is 0.480 e. The number of nitrogens with one attached hydrogen (secondary N) is 1. The van der Waals surface area contributed by atoms with E-state index in [1.165, 1.54) is 30.3 Å². The third-order valence-corrected chi connectivity index (χ3v) is 3.27. The minimum Gasteiger partial charge on any atom is -0.480 e. The quantitative estimate of drug-likeness (QED) is 0.818. The van der Waals surface area contributed by atoms with Gasteiger partial charge in [0.25, 0.3) is 11.8 Å². The van der Waals surface area contributed by atoms with Gasteiger partial charge >= 0.3 is 5.97 Å². The van der Waals surface area contributed by atoms with Crippen LogP contribution in [0.15, 0.2) is 18.3 Å². The van der Waals surface area contributed by atoms with Crippen molar-refractivity contribution in [2.45, 2.75) is 18.9 Å². The standard InChI is InChI=1S/C13H15N3O4/c1-14-11(17)9-5-4-8(7-15-9)12(18)16-6-2-3-10(16)13(19)20/h4-5,7,10H,2-3,6H2,1H3,(H,14,17)(H,19,20). The Morgan fingerprint density at radius 2 is 2.15 bits per heavy atom. The van der Waals surface area contributed by atoms with Gasteiger partial charge in [-0.3, -0.25) is 14.6 Å². The van der Waals surface area contributed by atoms with Gasteiger partial charge in [-0.15, -0.1) is 0 Å². The molecule has 2 N–H and O–H groups in total. The number of amides is 2. The van der Waals surface area contributed by atoms with E-state index in [0.29, 0.717) is 19.4 Å². The Balaban J connectivity index is 2.17. The molecule has 0 aromatic carbocycles. The van der Waals surface area contributed by atoms with Gasteiger partial charge < -0.3 is 15.3 Å². The van der Waals surface area contributed by atoms with Gasteiger partial charge in [-0.2, -0.15) is 0 Å². The molecule has 0 aliphatic carbocycles. The monoisotopic (exact) mass is 277 g/mol. The molecule has 1 atom stereocenters. The fraction of sp³-hybridized carbons (Fsp3) is 0.385. The number of hydrogen-bond donors (Lipinski definition) is 2. The van der Waals surface area contributed by atoms with Gasteiger partial charge in [-0.05, 0) is 25.0 Å². The van der Waals surface area contributed by atoms with Gasteiger partial charge in [0, 0.05) is 19.8 Å². The first-order valence-electron chi connectivity index (χ1n) is 6.26. The number of hydrogen-bond acceptors (Lipinski definition) is 4. The molecule has 0 spiro atoms. The van der Waals surface area contributed by atoms with E-state index in [2.05, 4.69) is 10.3 Å². The van der Waals surface area contributed by atoms with E-state index in [4.69, 9.17) is 5.11 Å². The molecule has 1 aromatic heterocycles. The lowest BCUT2D eigenvalue weighted by atomic mass is 10.2. The van der Waals surface area contributed by atoms with Crippen LogP contribution in [0, 0.1) is 0 Å². The summed E-state index contributed by atoms with van der Waals surface area (Å²) in [7, 11) is 1.49. The van der Waals surface area contributed by atoms with Crippen molar-refractivity contribution < 1.29 is 19.5 Å². The van der Waals surface area contributed by atoms with E-state index in [9.17, 15) is 14.4 Å². The van der Waals surface area contributed by atoms with Crippen LogP contribution in [-0.4, -0.2) is 52.4 Å². The van der Waals surface area contributed by atoms with E-state index in [1.54, 1.807) is 0 Å². The number of rotatable bonds is 3. The van der Waals surface area contributed by atoms with Gasteiger partial charge in [0.05, 0.1) is 5.56 Å². The number of carbonyl (C=O) groups excluding carboxylic acids is 2. The number of aliphatic carboxylic acids is 1. The highest BCUT2D eigenvalue weighted by atomic mass is 16.4. The van der Waals surface area contributed by atoms with Crippen molar-refractivity contribution in [1.82, 2.24) is 15.2 Å². The molecule has 20 heavy (non-hydrogen) atoms. The molecular formula is C13H15N3O4. The Morgan fingerprint density at radius 1 is 1.40 bits per heavy atom. The van der Waals surface area contributed by atoms with E-state index < -0.39 is 12.0 Å². The van der Waals surface area contributed by atoms with Crippen molar-refractivity contribution in [3.8, 4) is 0 Å². The Labute approximate surface area is 115 Å². The zero-order chi connectivity index (χ0) is 14.7. The molecule has 1 aliphatic rings. The van der Waals surface area contributed by atoms with E-state index in [0.717, 1.165) is 0 Å². The summed E-state index contributed by atoms with van der Waals surface area (Å²) in [4.78, 5) is 39.9. The van der Waals surface area contributed by atoms with Crippen molar-refractivity contribution in [1.29, 1.82) is 0 Å². The molecule has 7 heteroatoms. The number of pyridine rings is 1. The van der Waals surface area contributed by atoms with E-state index in [-0.39, 0.29) is 23.1 Å². The fourth-order valence-corrected chi connectivity index (χ4v) is 2.22. The Bertz CT molecular complexity index is 541. The minimum atomic E-state index is -0.995. The van der Waals surface area contributed by atoms with Crippen LogP contribution in [0.4, 0.5) is 0 Å². The SMILES string of the molecule is CNC(=O)c1ccc(C(=O)N2CCCC2C(=O)O)cn1. The summed E-state index contributed by atoms with van der Waals surface area (Å²) in [5, 5.41) is 11.5. The molecule has 2 heterocycles. The maximum absolute atomic E-state index is 12.2. The minimum absolute atomic E-state index is 0.209. The molecule has 0 bridgehead atoms. The maximum atomic E-state index is 12.2. The first-order valence-corrected chi connectivity index (χ1v) is 6.26. The van der Waals surface area contributed by atoms with Crippen LogP contribution in [0.5, 0.6) is 0 Å². The Kier molecular flexibility index (Phi) is 3.97. The molecule has 0 radical (unpaired) electrons. The number of carbonyl (C=O) groups is 3. The molecule has 1 unspecified atom stereocenters. The van der Waals surface area contributed by atoms with Crippen molar-refractivity contribution in [3.05, 3.63) is 29.6 Å². The molecular weight excluding hydrogens is 262 g/mol. The highest BCUT2D eigenvalue weighted by molar-refractivity contribution is 5.98. The predicted molar refractivity (Wildman–Crippen MR) is 69.3 cm³/mol. The third-order valence-electron chi connectivity index (χ3n) is 3.27. The lowest BCUT2D eigenvalue weighted by molar-refractivity contribution is -0.141. The number of likely N-dealkylation sites (tertiary alicyclic amines) is 1. The molecule has 0 saturated carbocycles. The van der Waals surface area contributed by atoms with Crippen LogP contribution >= 0.6 is 0 Å². The van der Waals surface area contributed by atoms with Crippen LogP contribution in [0.1, 0.15) is 33.7 Å². The van der Waals surface area contributed by atoms with Crippen molar-refractivity contribution in [2.75, 3.05) is 13.6 Å². The van der Waals surface area contributed by atoms with Crippen LogP contribution in [0.2, 0.25) is 0 Å². The third kappa shape index (κ3) is 2.61. The number of nitrogens with zero attached hydrogens (tertiary/aromatic N) is 2. The first-order chi connectivity index (χ1) is 9.54. The van der Waals surface area contributed by atoms with Gasteiger partial charge in [0.2, 0.25) is 0 Å². The second kappa shape index (κ2) is 5.68. The predicted octanol–water partition coefficient (Wildman–Crippen LogP) is 0.130. The van der Waals surface area contributed by atoms with Gasteiger partial charge in [-0.25, -0.2) is 4.79 Å². The summed E-state index contributed by atoms with van der Waals surface area (Å²) in [6, 6.07) is 2.15. The average molecular weight is 277 g/mol. The van der Waals surface area contributed by atoms with E-state index >= 15 is 0 Å². The first kappa shape index (κ1) is 14.0. The van der Waals surface area contributed by atoms with Crippen molar-refractivity contribution >= 4 is 17.8 Å². The highest BCUT2D eigenvalue weighted by Gasteiger charge is 2.34. The van der Waals surface area contributed by atoms with Crippen LogP contribution < -0.4 is 5.32 Å². The summed E-state index contributed by atoms with van der Waals surface area (Å²) in [6.07, 6.45) is 2.43. The molecule has 2 rings (SSSR count). The zero-order valence-corrected chi connectivity index (χ0v) is 11.0. The Morgan fingerprint density at radius 3 is 2.70 bits per heavy atom. The lowest BCUT2D eigenvalue weighted by Crippen LogP contribution is -2.40. The lowest BCUT2D eigenvalue weighted by Gasteiger charge is -2.21. The van der Waals surface area contributed by atoms with Crippen LogP contribution in [0.25, 0.3) is 0 Å². The number of carboxylic acids is 1. The molecule has 2 amide bonds. The van der Waals surface area contributed by atoms with Crippen LogP contribution in [0.3, 0.4) is 0 Å². The summed E-state index contributed by atoms with van der Waals surface area (Å²) < 4.78 is 0. The molecule has 1 fully saturated rings. The molecule has 1 aromatic rings. The molecule has 1 aliphatic heterocycles. The molecule has 1 saturated heterocycles. The van der Waals surface area contributed by atoms with E-state index in [1.807, 2.05) is 0 Å². The Hall–Kier alpha value is -2.44. The molecule has 106 valence electrons. The topological polar surface area (TPSA) is 99.6 Å². The van der Waals surface area contributed by atoms with Crippen molar-refractivity contribution in [2.24, 2.45) is 0 Å². The summed E-state index contributed by atoms with van der Waals surface area (Å²) >= 11 is 0. The maximum Gasteiger partial charge on any atom is 0.326 e. The molecule has 7 nitrogen and oxygen atoms in total. The summed E-state index contributed by atoms with van der Waals surface area (Å²) in [6.45, 7) is 0.424. The number of aromatic nitrogens is 1. The van der Waals surface area contributed by atoms with Gasteiger partial charge in [0.1, 0.15) is 11.7 Å². The average Bonchev–Trinajstić information content (AvgIpc) is 2.95. The van der Waals surface area contributed by atoms with Gasteiger partial charge in [0.15, 0.2) is 0 Å². The summed E-state index contributed by atoms with van der Waals surface area (Å²) in [5.74, 6) is -1.70. The van der Waals surface area contributed by atoms with Gasteiger partial charge in [-0.1, -0.05) is 0 Å². The second-order valence-electron chi connectivity index (χ2n) is 4.51. The summed E-state index contributed by atoms with van der Waals surface area (Å²) in [5.41, 5.74) is 0.492. The number of carboxylic acid groups (broad SMARTS) is 1.